The molecule has 1 heterocycles. The number of amides is 1. The molecular formula is C16H16N2O. The SMILES string of the molecule is CC1C(=O)NN1C(c1ccccc1)c1ccccc1. The van der Waals surface area contributed by atoms with Crippen LogP contribution in [-0.4, -0.2) is 17.0 Å². The van der Waals surface area contributed by atoms with E-state index in [0.29, 0.717) is 0 Å². The predicted molar refractivity (Wildman–Crippen MR) is 74.2 cm³/mol. The Bertz CT molecular complexity index is 528. The zero-order valence-electron chi connectivity index (χ0n) is 10.8. The van der Waals surface area contributed by atoms with Crippen molar-refractivity contribution in [3.8, 4) is 0 Å². The summed E-state index contributed by atoms with van der Waals surface area (Å²) in [5, 5.41) is 2.01. The van der Waals surface area contributed by atoms with Gasteiger partial charge in [0, 0.05) is 0 Å². The van der Waals surface area contributed by atoms with Crippen LogP contribution in [0.5, 0.6) is 0 Å². The van der Waals surface area contributed by atoms with Gasteiger partial charge < -0.3 is 0 Å². The van der Waals surface area contributed by atoms with E-state index in [1.165, 1.54) is 11.1 Å². The second-order valence-corrected chi connectivity index (χ2v) is 4.78. The molecular weight excluding hydrogens is 236 g/mol. The highest BCUT2D eigenvalue weighted by Crippen LogP contribution is 2.31. The van der Waals surface area contributed by atoms with Crippen molar-refractivity contribution < 1.29 is 4.79 Å². The molecule has 0 spiro atoms. The number of hydrogen-bond donors (Lipinski definition) is 1. The first-order chi connectivity index (χ1) is 9.27. The highest BCUT2D eigenvalue weighted by atomic mass is 16.2. The van der Waals surface area contributed by atoms with Gasteiger partial charge in [-0.2, -0.15) is 5.01 Å². The van der Waals surface area contributed by atoms with E-state index in [9.17, 15) is 4.79 Å². The smallest absolute Gasteiger partial charge is 0.253 e. The van der Waals surface area contributed by atoms with Crippen LogP contribution in [0.4, 0.5) is 0 Å². The average molecular weight is 252 g/mol. The van der Waals surface area contributed by atoms with Gasteiger partial charge in [0.15, 0.2) is 0 Å². The minimum atomic E-state index is -0.0922. The first-order valence-electron chi connectivity index (χ1n) is 6.46. The van der Waals surface area contributed by atoms with Crippen molar-refractivity contribution in [2.75, 3.05) is 0 Å². The third kappa shape index (κ3) is 2.13. The number of carbonyl (C=O) groups excluding carboxylic acids is 1. The van der Waals surface area contributed by atoms with Crippen LogP contribution in [-0.2, 0) is 4.79 Å². The molecule has 19 heavy (non-hydrogen) atoms. The van der Waals surface area contributed by atoms with Crippen molar-refractivity contribution in [2.45, 2.75) is 19.0 Å². The summed E-state index contributed by atoms with van der Waals surface area (Å²) in [7, 11) is 0. The molecule has 0 aromatic heterocycles. The van der Waals surface area contributed by atoms with Crippen LogP contribution in [0, 0.1) is 0 Å². The first-order valence-corrected chi connectivity index (χ1v) is 6.46. The lowest BCUT2D eigenvalue weighted by Crippen LogP contribution is -2.66. The molecule has 1 fully saturated rings. The summed E-state index contributed by atoms with van der Waals surface area (Å²) >= 11 is 0. The molecule has 2 aromatic carbocycles. The monoisotopic (exact) mass is 252 g/mol. The highest BCUT2D eigenvalue weighted by molar-refractivity contribution is 5.86. The Balaban J connectivity index is 2.00. The summed E-state index contributed by atoms with van der Waals surface area (Å²) in [4.78, 5) is 11.5. The van der Waals surface area contributed by atoms with Gasteiger partial charge in [-0.15, -0.1) is 0 Å². The van der Waals surface area contributed by atoms with Crippen molar-refractivity contribution >= 4 is 5.91 Å². The summed E-state index contributed by atoms with van der Waals surface area (Å²) < 4.78 is 0. The van der Waals surface area contributed by atoms with Gasteiger partial charge in [0.05, 0.1) is 6.04 Å². The maximum Gasteiger partial charge on any atom is 0.253 e. The molecule has 3 rings (SSSR count). The number of hydrazine groups is 1. The Kier molecular flexibility index (Phi) is 3.05. The lowest BCUT2D eigenvalue weighted by molar-refractivity contribution is -0.150. The Labute approximate surface area is 112 Å². The Morgan fingerprint density at radius 1 is 0.947 bits per heavy atom. The number of nitrogens with zero attached hydrogens (tertiary/aromatic N) is 1. The highest BCUT2D eigenvalue weighted by Gasteiger charge is 2.39. The van der Waals surface area contributed by atoms with Gasteiger partial charge in [0.1, 0.15) is 6.04 Å². The molecule has 0 bridgehead atoms. The summed E-state index contributed by atoms with van der Waals surface area (Å²) in [6.07, 6.45) is 0. The Morgan fingerprint density at radius 2 is 1.42 bits per heavy atom. The van der Waals surface area contributed by atoms with Crippen molar-refractivity contribution in [1.29, 1.82) is 0 Å². The van der Waals surface area contributed by atoms with E-state index >= 15 is 0 Å². The van der Waals surface area contributed by atoms with E-state index in [4.69, 9.17) is 0 Å². The third-order valence-electron chi connectivity index (χ3n) is 3.54. The van der Waals surface area contributed by atoms with E-state index < -0.39 is 0 Å². The van der Waals surface area contributed by atoms with E-state index in [0.717, 1.165) is 0 Å². The number of benzene rings is 2. The fourth-order valence-corrected chi connectivity index (χ4v) is 2.45. The van der Waals surface area contributed by atoms with Gasteiger partial charge in [-0.3, -0.25) is 10.2 Å². The number of hydrogen-bond acceptors (Lipinski definition) is 2. The van der Waals surface area contributed by atoms with Gasteiger partial charge in [-0.05, 0) is 18.1 Å². The third-order valence-corrected chi connectivity index (χ3v) is 3.54. The quantitative estimate of drug-likeness (QED) is 0.910. The van der Waals surface area contributed by atoms with Gasteiger partial charge in [-0.1, -0.05) is 60.7 Å². The lowest BCUT2D eigenvalue weighted by atomic mass is 9.96. The minimum Gasteiger partial charge on any atom is -0.286 e. The molecule has 0 radical (unpaired) electrons. The zero-order valence-corrected chi connectivity index (χ0v) is 10.8. The molecule has 0 saturated carbocycles. The van der Waals surface area contributed by atoms with Gasteiger partial charge in [-0.25, -0.2) is 0 Å². The van der Waals surface area contributed by atoms with E-state index in [2.05, 4.69) is 29.7 Å². The molecule has 0 aliphatic carbocycles. The fourth-order valence-electron chi connectivity index (χ4n) is 2.45. The molecule has 96 valence electrons. The minimum absolute atomic E-state index is 0.0649. The van der Waals surface area contributed by atoms with Gasteiger partial charge >= 0.3 is 0 Å². The maximum atomic E-state index is 11.5. The molecule has 1 saturated heterocycles. The van der Waals surface area contributed by atoms with Crippen LogP contribution < -0.4 is 5.43 Å². The van der Waals surface area contributed by atoms with Crippen molar-refractivity contribution in [1.82, 2.24) is 10.4 Å². The fraction of sp³-hybridized carbons (Fsp3) is 0.188. The first kappa shape index (κ1) is 11.9. The van der Waals surface area contributed by atoms with Crippen LogP contribution in [0.2, 0.25) is 0 Å². The predicted octanol–water partition coefficient (Wildman–Crippen LogP) is 2.51. The molecule has 1 atom stereocenters. The van der Waals surface area contributed by atoms with Crippen LogP contribution in [0.15, 0.2) is 60.7 Å². The van der Waals surface area contributed by atoms with E-state index in [1.807, 2.05) is 48.3 Å². The van der Waals surface area contributed by atoms with Crippen molar-refractivity contribution in [3.05, 3.63) is 71.8 Å². The largest absolute Gasteiger partial charge is 0.286 e. The van der Waals surface area contributed by atoms with Crippen LogP contribution in [0.25, 0.3) is 0 Å². The van der Waals surface area contributed by atoms with Crippen molar-refractivity contribution in [2.24, 2.45) is 0 Å². The second-order valence-electron chi connectivity index (χ2n) is 4.78. The van der Waals surface area contributed by atoms with Crippen LogP contribution in [0.3, 0.4) is 0 Å². The topological polar surface area (TPSA) is 32.3 Å². The number of nitrogens with one attached hydrogen (secondary N) is 1. The second kappa shape index (κ2) is 4.86. The normalized spacial score (nSPS) is 19.1. The molecule has 1 aliphatic rings. The summed E-state index contributed by atoms with van der Waals surface area (Å²) in [6.45, 7) is 1.93. The molecule has 3 heteroatoms. The number of carbonyl (C=O) groups is 1. The summed E-state index contributed by atoms with van der Waals surface area (Å²) in [6, 6.07) is 20.4. The molecule has 1 amide bonds. The summed E-state index contributed by atoms with van der Waals surface area (Å²) in [5.74, 6) is 0.0804. The van der Waals surface area contributed by atoms with Gasteiger partial charge in [0.25, 0.3) is 5.91 Å². The molecule has 1 aliphatic heterocycles. The molecule has 3 nitrogen and oxygen atoms in total. The standard InChI is InChI=1S/C16H16N2O/c1-12-16(19)17-18(12)15(13-8-4-2-5-9-13)14-10-6-3-7-11-14/h2-12,15H,1H3,(H,17,19). The average Bonchev–Trinajstić information content (AvgIpc) is 2.49. The maximum absolute atomic E-state index is 11.5. The molecule has 1 N–H and O–H groups in total. The zero-order chi connectivity index (χ0) is 13.2. The van der Waals surface area contributed by atoms with Crippen molar-refractivity contribution in [3.63, 3.8) is 0 Å². The molecule has 1 unspecified atom stereocenters. The van der Waals surface area contributed by atoms with E-state index in [-0.39, 0.29) is 18.0 Å². The van der Waals surface area contributed by atoms with Crippen LogP contribution >= 0.6 is 0 Å². The van der Waals surface area contributed by atoms with Crippen LogP contribution in [0.1, 0.15) is 24.1 Å². The Hall–Kier alpha value is -2.13. The van der Waals surface area contributed by atoms with Gasteiger partial charge in [0.2, 0.25) is 0 Å². The summed E-state index contributed by atoms with van der Waals surface area (Å²) in [5.41, 5.74) is 5.25. The Morgan fingerprint density at radius 3 is 1.79 bits per heavy atom. The lowest BCUT2D eigenvalue weighted by Gasteiger charge is -2.43. The van der Waals surface area contributed by atoms with E-state index in [1.54, 1.807) is 0 Å². The molecule has 2 aromatic rings. The number of rotatable bonds is 3.